The lowest BCUT2D eigenvalue weighted by Crippen LogP contribution is -2.43. The number of aromatic nitrogens is 1. The molecule has 0 spiro atoms. The molecule has 0 aliphatic carbocycles. The number of carbonyl (C=O) groups excluding carboxylic acids is 3. The van der Waals surface area contributed by atoms with Crippen molar-refractivity contribution in [1.29, 1.82) is 0 Å². The first-order valence-electron chi connectivity index (χ1n) is 12.1. The molecule has 0 saturated carbocycles. The van der Waals surface area contributed by atoms with E-state index in [2.05, 4.69) is 10.6 Å². The highest BCUT2D eigenvalue weighted by Gasteiger charge is 2.30. The van der Waals surface area contributed by atoms with Crippen molar-refractivity contribution in [2.24, 2.45) is 0 Å². The van der Waals surface area contributed by atoms with Crippen molar-refractivity contribution < 1.29 is 32.3 Å². The quantitative estimate of drug-likeness (QED) is 0.283. The van der Waals surface area contributed by atoms with Gasteiger partial charge in [-0.1, -0.05) is 11.6 Å². The van der Waals surface area contributed by atoms with E-state index in [0.717, 1.165) is 24.3 Å². The van der Waals surface area contributed by atoms with Crippen molar-refractivity contribution in [2.45, 2.75) is 44.8 Å². The lowest BCUT2D eigenvalue weighted by Gasteiger charge is -2.31. The Morgan fingerprint density at radius 2 is 1.67 bits per heavy atom. The third-order valence-corrected chi connectivity index (χ3v) is 6.56. The van der Waals surface area contributed by atoms with E-state index in [1.54, 1.807) is 18.2 Å². The van der Waals surface area contributed by atoms with E-state index >= 15 is 0 Å². The molecule has 39 heavy (non-hydrogen) atoms. The Morgan fingerprint density at radius 3 is 2.28 bits per heavy atom. The zero-order valence-electron chi connectivity index (χ0n) is 22.0. The molecule has 0 atom stereocenters. The summed E-state index contributed by atoms with van der Waals surface area (Å²) in [7, 11) is 3.78. The van der Waals surface area contributed by atoms with E-state index in [4.69, 9.17) is 16.3 Å². The van der Waals surface area contributed by atoms with Crippen LogP contribution in [0.2, 0.25) is 5.02 Å². The van der Waals surface area contributed by atoms with Gasteiger partial charge in [0.25, 0.3) is 0 Å². The molecule has 3 aromatic rings. The van der Waals surface area contributed by atoms with Crippen molar-refractivity contribution in [2.75, 3.05) is 31.3 Å². The van der Waals surface area contributed by atoms with Gasteiger partial charge in [-0.2, -0.15) is 13.2 Å². The predicted octanol–water partition coefficient (Wildman–Crippen LogP) is 6.65. The van der Waals surface area contributed by atoms with Crippen LogP contribution in [-0.4, -0.2) is 53.6 Å². The maximum atomic E-state index is 13.0. The third-order valence-electron chi connectivity index (χ3n) is 6.32. The monoisotopic (exact) mass is 566 g/mol. The van der Waals surface area contributed by atoms with E-state index < -0.39 is 23.7 Å². The molecular formula is C27H30ClF3N4O4. The Labute approximate surface area is 229 Å². The molecular weight excluding hydrogens is 537 g/mol. The van der Waals surface area contributed by atoms with Gasteiger partial charge < -0.3 is 20.3 Å². The summed E-state index contributed by atoms with van der Waals surface area (Å²) in [6, 6.07) is 8.09. The molecule has 0 aliphatic heterocycles. The van der Waals surface area contributed by atoms with Crippen LogP contribution in [0.5, 0.6) is 0 Å². The largest absolute Gasteiger partial charge is 0.464 e. The number of esters is 1. The number of hydrogen-bond acceptors (Lipinski definition) is 5. The van der Waals surface area contributed by atoms with Gasteiger partial charge in [0.2, 0.25) is 5.91 Å². The number of rotatable bonds is 9. The molecule has 1 aromatic heterocycles. The van der Waals surface area contributed by atoms with Crippen LogP contribution >= 0.6 is 11.6 Å². The van der Waals surface area contributed by atoms with E-state index in [0.29, 0.717) is 15.9 Å². The Hall–Kier alpha value is -3.57. The Bertz CT molecular complexity index is 1350. The van der Waals surface area contributed by atoms with Crippen LogP contribution in [0.3, 0.4) is 0 Å². The molecule has 0 saturated heterocycles. The fourth-order valence-electron chi connectivity index (χ4n) is 3.50. The molecule has 0 bridgehead atoms. The standard InChI is InChI=1S/C27H30ClF3N4O4/c1-26(2,34(3)4)16-39-24(37)7-5-6-23(36)35-15-21(20-14-18(28)10-13-22(20)35)33-25(38)32-19-11-8-17(9-12-19)27(29,30)31/h8-15H,5-7,16H2,1-4H3,(H2,32,33,38). The Balaban J connectivity index is 1.65. The van der Waals surface area contributed by atoms with E-state index in [1.165, 1.54) is 10.8 Å². The number of anilines is 2. The second-order valence-corrected chi connectivity index (χ2v) is 10.3. The summed E-state index contributed by atoms with van der Waals surface area (Å²) in [5.74, 6) is -0.705. The average Bonchev–Trinajstić information content (AvgIpc) is 3.19. The zero-order valence-corrected chi connectivity index (χ0v) is 22.7. The van der Waals surface area contributed by atoms with Gasteiger partial charge in [-0.15, -0.1) is 0 Å². The van der Waals surface area contributed by atoms with Crippen molar-refractivity contribution in [3.63, 3.8) is 0 Å². The van der Waals surface area contributed by atoms with Gasteiger partial charge >= 0.3 is 18.2 Å². The van der Waals surface area contributed by atoms with Gasteiger partial charge in [-0.05, 0) is 76.8 Å². The first-order chi connectivity index (χ1) is 18.2. The van der Waals surface area contributed by atoms with Crippen LogP contribution in [-0.2, 0) is 15.7 Å². The number of benzene rings is 2. The summed E-state index contributed by atoms with van der Waals surface area (Å²) in [5, 5.41) is 5.94. The van der Waals surface area contributed by atoms with Gasteiger partial charge in [-0.3, -0.25) is 14.2 Å². The summed E-state index contributed by atoms with van der Waals surface area (Å²) >= 11 is 6.13. The first kappa shape index (κ1) is 30.0. The smallest absolute Gasteiger partial charge is 0.416 e. The second kappa shape index (κ2) is 12.1. The summed E-state index contributed by atoms with van der Waals surface area (Å²) in [4.78, 5) is 39.6. The van der Waals surface area contributed by atoms with Gasteiger partial charge in [0.1, 0.15) is 6.61 Å². The molecule has 210 valence electrons. The van der Waals surface area contributed by atoms with Crippen molar-refractivity contribution in [1.82, 2.24) is 9.47 Å². The number of fused-ring (bicyclic) bond motifs is 1. The fraction of sp³-hybridized carbons (Fsp3) is 0.370. The van der Waals surface area contributed by atoms with Crippen LogP contribution < -0.4 is 10.6 Å². The summed E-state index contributed by atoms with van der Waals surface area (Å²) < 4.78 is 45.0. The Kier molecular flexibility index (Phi) is 9.29. The van der Waals surface area contributed by atoms with Crippen LogP contribution in [0.15, 0.2) is 48.7 Å². The summed E-state index contributed by atoms with van der Waals surface area (Å²) in [6.07, 6.45) is -2.66. The van der Waals surface area contributed by atoms with Crippen LogP contribution in [0.1, 0.15) is 43.5 Å². The van der Waals surface area contributed by atoms with Crippen molar-refractivity contribution in [3.05, 3.63) is 59.2 Å². The Morgan fingerprint density at radius 1 is 1.00 bits per heavy atom. The normalized spacial score (nSPS) is 12.0. The minimum Gasteiger partial charge on any atom is -0.464 e. The molecule has 2 aromatic carbocycles. The highest BCUT2D eigenvalue weighted by molar-refractivity contribution is 6.31. The van der Waals surface area contributed by atoms with E-state index in [1.807, 2.05) is 32.8 Å². The molecule has 0 radical (unpaired) electrons. The lowest BCUT2D eigenvalue weighted by molar-refractivity contribution is -0.147. The topological polar surface area (TPSA) is 92.7 Å². The maximum Gasteiger partial charge on any atom is 0.416 e. The lowest BCUT2D eigenvalue weighted by atomic mass is 10.1. The van der Waals surface area contributed by atoms with Gasteiger partial charge in [0, 0.05) is 40.7 Å². The highest BCUT2D eigenvalue weighted by Crippen LogP contribution is 2.31. The molecule has 0 unspecified atom stereocenters. The summed E-state index contributed by atoms with van der Waals surface area (Å²) in [6.45, 7) is 4.12. The second-order valence-electron chi connectivity index (χ2n) is 9.84. The van der Waals surface area contributed by atoms with E-state index in [-0.39, 0.29) is 48.7 Å². The van der Waals surface area contributed by atoms with Crippen LogP contribution in [0, 0.1) is 0 Å². The van der Waals surface area contributed by atoms with Gasteiger partial charge in [0.15, 0.2) is 0 Å². The number of likely N-dealkylation sites (N-methyl/N-ethyl adjacent to an activating group) is 1. The number of ether oxygens (including phenoxy) is 1. The molecule has 2 N–H and O–H groups in total. The minimum atomic E-state index is -4.49. The van der Waals surface area contributed by atoms with Crippen LogP contribution in [0.25, 0.3) is 10.9 Å². The molecule has 1 heterocycles. The number of hydrogen-bond donors (Lipinski definition) is 2. The first-order valence-corrected chi connectivity index (χ1v) is 12.5. The molecule has 0 aliphatic rings. The molecule has 2 amide bonds. The number of nitrogens with one attached hydrogen (secondary N) is 2. The number of halogens is 4. The number of amides is 2. The zero-order chi connectivity index (χ0) is 29.0. The minimum absolute atomic E-state index is 0.0514. The third kappa shape index (κ3) is 7.96. The summed E-state index contributed by atoms with van der Waals surface area (Å²) in [5.41, 5.74) is -0.242. The van der Waals surface area contributed by atoms with Crippen LogP contribution in [0.4, 0.5) is 29.3 Å². The molecule has 12 heteroatoms. The fourth-order valence-corrected chi connectivity index (χ4v) is 3.67. The number of alkyl halides is 3. The number of carbonyl (C=O) groups is 3. The maximum absolute atomic E-state index is 13.0. The molecule has 8 nitrogen and oxygen atoms in total. The highest BCUT2D eigenvalue weighted by atomic mass is 35.5. The average molecular weight is 567 g/mol. The number of urea groups is 1. The number of nitrogens with zero attached hydrogens (tertiary/aromatic N) is 2. The predicted molar refractivity (Wildman–Crippen MR) is 144 cm³/mol. The van der Waals surface area contributed by atoms with Crippen molar-refractivity contribution >= 4 is 51.8 Å². The SMILES string of the molecule is CN(C)C(C)(C)COC(=O)CCCC(=O)n1cc(NC(=O)Nc2ccc(C(F)(F)F)cc2)c2cc(Cl)ccc21. The molecule has 3 rings (SSSR count). The van der Waals surface area contributed by atoms with E-state index in [9.17, 15) is 27.6 Å². The van der Waals surface area contributed by atoms with Crippen molar-refractivity contribution in [3.8, 4) is 0 Å². The van der Waals surface area contributed by atoms with Gasteiger partial charge in [-0.25, -0.2) is 4.79 Å². The molecule has 0 fully saturated rings. The van der Waals surface area contributed by atoms with Gasteiger partial charge in [0.05, 0.1) is 16.8 Å².